The Bertz CT molecular complexity index is 377. The van der Waals surface area contributed by atoms with Crippen LogP contribution in [0.2, 0.25) is 0 Å². The monoisotopic (exact) mass is 292 g/mol. The number of nitrogens with zero attached hydrogens (tertiary/aromatic N) is 2. The number of hydrogen-bond acceptors (Lipinski definition) is 3. The lowest BCUT2D eigenvalue weighted by Gasteiger charge is -2.28. The lowest BCUT2D eigenvalue weighted by molar-refractivity contribution is -0.129. The van der Waals surface area contributed by atoms with Crippen LogP contribution in [0, 0.1) is 5.92 Å². The van der Waals surface area contributed by atoms with Gasteiger partial charge >= 0.3 is 0 Å². The van der Waals surface area contributed by atoms with Gasteiger partial charge < -0.3 is 4.90 Å². The van der Waals surface area contributed by atoms with Gasteiger partial charge in [-0.25, -0.2) is 8.42 Å². The van der Waals surface area contributed by atoms with Crippen LogP contribution in [0.15, 0.2) is 0 Å². The quantitative estimate of drug-likeness (QED) is 0.682. The third-order valence-electron chi connectivity index (χ3n) is 2.94. The van der Waals surface area contributed by atoms with Gasteiger partial charge in [0.25, 0.3) is 0 Å². The van der Waals surface area contributed by atoms with Crippen LogP contribution in [0.4, 0.5) is 0 Å². The third-order valence-corrected chi connectivity index (χ3v) is 5.18. The van der Waals surface area contributed by atoms with Crippen molar-refractivity contribution in [3.8, 4) is 0 Å². The highest BCUT2D eigenvalue weighted by molar-refractivity contribution is 7.89. The highest BCUT2D eigenvalue weighted by Crippen LogP contribution is 2.11. The third kappa shape index (κ3) is 5.91. The lowest BCUT2D eigenvalue weighted by atomic mass is 10.2. The number of likely N-dealkylation sites (N-methyl/N-ethyl adjacent to an activating group) is 1. The molecule has 0 aromatic rings. The van der Waals surface area contributed by atoms with Crippen LogP contribution in [0.3, 0.4) is 0 Å². The Kier molecular flexibility index (Phi) is 7.59. The minimum absolute atomic E-state index is 0.0337. The second-order valence-electron chi connectivity index (χ2n) is 5.51. The topological polar surface area (TPSA) is 57.7 Å². The molecule has 0 N–H and O–H groups in total. The fourth-order valence-corrected chi connectivity index (χ4v) is 3.12. The van der Waals surface area contributed by atoms with Gasteiger partial charge in [-0.3, -0.25) is 4.79 Å². The molecule has 0 aliphatic carbocycles. The SMILES string of the molecule is CCC(=O)N(C)CCN(CC(C)C)S(=O)(=O)C(C)C. The molecule has 0 aliphatic rings. The number of rotatable bonds is 8. The van der Waals surface area contributed by atoms with E-state index in [-0.39, 0.29) is 11.8 Å². The average Bonchev–Trinajstić information content (AvgIpc) is 2.31. The first-order valence-corrected chi connectivity index (χ1v) is 8.36. The van der Waals surface area contributed by atoms with Crippen molar-refractivity contribution in [1.29, 1.82) is 0 Å². The molecule has 0 rings (SSSR count). The van der Waals surface area contributed by atoms with Gasteiger partial charge in [0.05, 0.1) is 5.25 Å². The molecule has 19 heavy (non-hydrogen) atoms. The molecule has 0 spiro atoms. The second-order valence-corrected chi connectivity index (χ2v) is 8.00. The Balaban J connectivity index is 4.76. The Morgan fingerprint density at radius 2 is 1.63 bits per heavy atom. The zero-order valence-corrected chi connectivity index (χ0v) is 13.8. The molecule has 0 saturated heterocycles. The molecule has 0 aromatic heterocycles. The van der Waals surface area contributed by atoms with Gasteiger partial charge in [-0.05, 0) is 19.8 Å². The summed E-state index contributed by atoms with van der Waals surface area (Å²) < 4.78 is 26.0. The van der Waals surface area contributed by atoms with E-state index in [1.807, 2.05) is 13.8 Å². The summed E-state index contributed by atoms with van der Waals surface area (Å²) in [6, 6.07) is 0. The van der Waals surface area contributed by atoms with Gasteiger partial charge in [0.2, 0.25) is 15.9 Å². The zero-order chi connectivity index (χ0) is 15.2. The lowest BCUT2D eigenvalue weighted by Crippen LogP contribution is -2.43. The Morgan fingerprint density at radius 3 is 2.00 bits per heavy atom. The Labute approximate surface area is 118 Å². The molecule has 114 valence electrons. The molecule has 0 unspecified atom stereocenters. The van der Waals surface area contributed by atoms with E-state index in [4.69, 9.17) is 0 Å². The maximum Gasteiger partial charge on any atom is 0.222 e. The van der Waals surface area contributed by atoms with E-state index in [1.165, 1.54) is 4.31 Å². The van der Waals surface area contributed by atoms with Crippen molar-refractivity contribution in [1.82, 2.24) is 9.21 Å². The molecule has 1 amide bonds. The summed E-state index contributed by atoms with van der Waals surface area (Å²) in [5.41, 5.74) is 0. The summed E-state index contributed by atoms with van der Waals surface area (Å²) >= 11 is 0. The standard InChI is InChI=1S/C13H28N2O3S/c1-7-13(16)14(6)8-9-15(10-11(2)3)19(17,18)12(4)5/h11-12H,7-10H2,1-6H3. The van der Waals surface area contributed by atoms with Crippen LogP contribution >= 0.6 is 0 Å². The van der Waals surface area contributed by atoms with Crippen molar-refractivity contribution in [3.63, 3.8) is 0 Å². The number of hydrogen-bond donors (Lipinski definition) is 0. The molecule has 0 radical (unpaired) electrons. The van der Waals surface area contributed by atoms with Gasteiger partial charge in [-0.1, -0.05) is 20.8 Å². The predicted molar refractivity (Wildman–Crippen MR) is 78.4 cm³/mol. The zero-order valence-electron chi connectivity index (χ0n) is 13.0. The number of amides is 1. The number of sulfonamides is 1. The summed E-state index contributed by atoms with van der Waals surface area (Å²) in [7, 11) is -1.56. The van der Waals surface area contributed by atoms with Crippen molar-refractivity contribution in [2.75, 3.05) is 26.7 Å². The summed E-state index contributed by atoms with van der Waals surface area (Å²) in [4.78, 5) is 13.1. The van der Waals surface area contributed by atoms with E-state index in [0.717, 1.165) is 0 Å². The van der Waals surface area contributed by atoms with Crippen molar-refractivity contribution < 1.29 is 13.2 Å². The van der Waals surface area contributed by atoms with Gasteiger partial charge in [0, 0.05) is 33.1 Å². The van der Waals surface area contributed by atoms with Gasteiger partial charge in [0.15, 0.2) is 0 Å². The maximum absolute atomic E-state index is 12.2. The van der Waals surface area contributed by atoms with Crippen LogP contribution in [0.5, 0.6) is 0 Å². The van der Waals surface area contributed by atoms with Crippen LogP contribution in [0.25, 0.3) is 0 Å². The van der Waals surface area contributed by atoms with Crippen molar-refractivity contribution >= 4 is 15.9 Å². The molecule has 0 bridgehead atoms. The van der Waals surface area contributed by atoms with E-state index < -0.39 is 15.3 Å². The summed E-state index contributed by atoms with van der Waals surface area (Å²) in [5, 5.41) is -0.432. The molecule has 5 nitrogen and oxygen atoms in total. The van der Waals surface area contributed by atoms with E-state index in [9.17, 15) is 13.2 Å². The smallest absolute Gasteiger partial charge is 0.222 e. The van der Waals surface area contributed by atoms with E-state index in [1.54, 1.807) is 32.7 Å². The van der Waals surface area contributed by atoms with Gasteiger partial charge in [-0.15, -0.1) is 0 Å². The van der Waals surface area contributed by atoms with Gasteiger partial charge in [0.1, 0.15) is 0 Å². The largest absolute Gasteiger partial charge is 0.344 e. The van der Waals surface area contributed by atoms with E-state index >= 15 is 0 Å². The number of carbonyl (C=O) groups excluding carboxylic acids is 1. The minimum Gasteiger partial charge on any atom is -0.344 e. The Morgan fingerprint density at radius 1 is 1.11 bits per heavy atom. The van der Waals surface area contributed by atoms with Crippen molar-refractivity contribution in [2.45, 2.75) is 46.3 Å². The Hall–Kier alpha value is -0.620. The predicted octanol–water partition coefficient (Wildman–Crippen LogP) is 1.55. The highest BCUT2D eigenvalue weighted by atomic mass is 32.2. The molecular weight excluding hydrogens is 264 g/mol. The first kappa shape index (κ1) is 18.4. The van der Waals surface area contributed by atoms with Crippen molar-refractivity contribution in [2.24, 2.45) is 5.92 Å². The van der Waals surface area contributed by atoms with Crippen molar-refractivity contribution in [3.05, 3.63) is 0 Å². The highest BCUT2D eigenvalue weighted by Gasteiger charge is 2.26. The minimum atomic E-state index is -3.27. The van der Waals surface area contributed by atoms with Crippen LogP contribution in [-0.2, 0) is 14.8 Å². The van der Waals surface area contributed by atoms with E-state index in [0.29, 0.717) is 26.1 Å². The first-order chi connectivity index (χ1) is 8.62. The molecule has 0 saturated carbocycles. The number of carbonyl (C=O) groups is 1. The normalized spacial score (nSPS) is 12.5. The van der Waals surface area contributed by atoms with E-state index in [2.05, 4.69) is 0 Å². The second kappa shape index (κ2) is 7.85. The fraction of sp³-hybridized carbons (Fsp3) is 0.923. The van der Waals surface area contributed by atoms with Gasteiger partial charge in [-0.2, -0.15) is 4.31 Å². The maximum atomic E-state index is 12.2. The average molecular weight is 292 g/mol. The van der Waals surface area contributed by atoms with Crippen LogP contribution < -0.4 is 0 Å². The molecule has 6 heteroatoms. The first-order valence-electron chi connectivity index (χ1n) is 6.85. The molecular formula is C13H28N2O3S. The van der Waals surface area contributed by atoms with Crippen LogP contribution in [0.1, 0.15) is 41.0 Å². The summed E-state index contributed by atoms with van der Waals surface area (Å²) in [6.07, 6.45) is 0.442. The molecule has 0 atom stereocenters. The molecule has 0 fully saturated rings. The summed E-state index contributed by atoms with van der Waals surface area (Å²) in [5.74, 6) is 0.298. The fourth-order valence-electron chi connectivity index (χ4n) is 1.68. The molecule has 0 heterocycles. The van der Waals surface area contributed by atoms with Crippen LogP contribution in [-0.4, -0.2) is 55.5 Å². The molecule has 0 aliphatic heterocycles. The summed E-state index contributed by atoms with van der Waals surface area (Å²) in [6.45, 7) is 10.4. The molecule has 0 aromatic carbocycles.